The SMILES string of the molecule is CSc1nnc(-c2cc3c(NC(C)C4(C)CC4)c(C(N)=O)cnn3c2)o1. The molecule has 0 bridgehead atoms. The van der Waals surface area contributed by atoms with Crippen LogP contribution in [0, 0.1) is 5.41 Å². The molecule has 26 heavy (non-hydrogen) atoms. The second-order valence-corrected chi connectivity index (χ2v) is 7.71. The minimum absolute atomic E-state index is 0.205. The van der Waals surface area contributed by atoms with Crippen LogP contribution in [-0.2, 0) is 0 Å². The molecule has 1 fully saturated rings. The average molecular weight is 372 g/mol. The topological polar surface area (TPSA) is 111 Å². The summed E-state index contributed by atoms with van der Waals surface area (Å²) in [4.78, 5) is 11.9. The van der Waals surface area contributed by atoms with E-state index in [2.05, 4.69) is 34.5 Å². The first-order chi connectivity index (χ1) is 12.4. The number of nitrogens with one attached hydrogen (secondary N) is 1. The molecular weight excluding hydrogens is 352 g/mol. The van der Waals surface area contributed by atoms with E-state index in [1.54, 1.807) is 10.7 Å². The first kappa shape index (κ1) is 16.9. The molecule has 1 aliphatic carbocycles. The Morgan fingerprint density at radius 2 is 2.23 bits per heavy atom. The van der Waals surface area contributed by atoms with Crippen LogP contribution in [0.4, 0.5) is 5.69 Å². The third-order valence-electron chi connectivity index (χ3n) is 5.18. The van der Waals surface area contributed by atoms with Crippen molar-refractivity contribution in [3.63, 3.8) is 0 Å². The summed E-state index contributed by atoms with van der Waals surface area (Å²) < 4.78 is 7.29. The molecule has 0 spiro atoms. The average Bonchev–Trinajstić information content (AvgIpc) is 3.04. The molecule has 0 aliphatic heterocycles. The maximum absolute atomic E-state index is 11.9. The third kappa shape index (κ3) is 2.82. The van der Waals surface area contributed by atoms with E-state index in [0.717, 1.165) is 11.1 Å². The molecule has 0 aromatic carbocycles. The number of nitrogens with zero attached hydrogens (tertiary/aromatic N) is 4. The van der Waals surface area contributed by atoms with Gasteiger partial charge in [0.1, 0.15) is 0 Å². The predicted octanol–water partition coefficient (Wildman–Crippen LogP) is 2.81. The van der Waals surface area contributed by atoms with Crippen LogP contribution < -0.4 is 11.1 Å². The highest BCUT2D eigenvalue weighted by molar-refractivity contribution is 7.98. The van der Waals surface area contributed by atoms with E-state index in [4.69, 9.17) is 10.2 Å². The zero-order valence-corrected chi connectivity index (χ0v) is 15.6. The third-order valence-corrected chi connectivity index (χ3v) is 5.69. The van der Waals surface area contributed by atoms with Gasteiger partial charge in [-0.05, 0) is 37.5 Å². The summed E-state index contributed by atoms with van der Waals surface area (Å²) in [5.74, 6) is -0.102. The number of carbonyl (C=O) groups excluding carboxylic acids is 1. The van der Waals surface area contributed by atoms with Gasteiger partial charge in [-0.1, -0.05) is 18.7 Å². The van der Waals surface area contributed by atoms with E-state index < -0.39 is 5.91 Å². The quantitative estimate of drug-likeness (QED) is 0.640. The molecular formula is C17H20N6O2S. The predicted molar refractivity (Wildman–Crippen MR) is 99.2 cm³/mol. The largest absolute Gasteiger partial charge is 0.411 e. The molecule has 1 saturated carbocycles. The molecule has 9 heteroatoms. The molecule has 0 radical (unpaired) electrons. The first-order valence-electron chi connectivity index (χ1n) is 8.37. The van der Waals surface area contributed by atoms with E-state index in [9.17, 15) is 4.79 Å². The zero-order valence-electron chi connectivity index (χ0n) is 14.8. The van der Waals surface area contributed by atoms with Crippen LogP contribution in [-0.4, -0.2) is 38.0 Å². The lowest BCUT2D eigenvalue weighted by atomic mass is 10.00. The fraction of sp³-hybridized carbons (Fsp3) is 0.412. The van der Waals surface area contributed by atoms with Crippen LogP contribution in [0.25, 0.3) is 17.0 Å². The molecule has 4 rings (SSSR count). The number of thioether (sulfide) groups is 1. The van der Waals surface area contributed by atoms with Crippen molar-refractivity contribution in [3.05, 3.63) is 24.0 Å². The van der Waals surface area contributed by atoms with Crippen molar-refractivity contribution in [1.82, 2.24) is 19.8 Å². The molecule has 8 nitrogen and oxygen atoms in total. The van der Waals surface area contributed by atoms with Gasteiger partial charge in [0.05, 0.1) is 28.5 Å². The number of carbonyl (C=O) groups is 1. The zero-order chi connectivity index (χ0) is 18.5. The van der Waals surface area contributed by atoms with E-state index in [1.807, 2.05) is 12.3 Å². The van der Waals surface area contributed by atoms with Gasteiger partial charge in [-0.15, -0.1) is 10.2 Å². The van der Waals surface area contributed by atoms with Gasteiger partial charge in [-0.3, -0.25) is 4.79 Å². The van der Waals surface area contributed by atoms with E-state index in [-0.39, 0.29) is 11.5 Å². The summed E-state index contributed by atoms with van der Waals surface area (Å²) in [5.41, 5.74) is 8.35. The standard InChI is InChI=1S/C17H20N6O2S/c1-9(17(2)4-5-17)20-13-11(14(18)24)7-19-23-8-10(6-12(13)23)15-21-22-16(25-15)26-3/h6-9,20H,4-5H2,1-3H3,(H2,18,24). The maximum Gasteiger partial charge on any atom is 0.276 e. The number of nitrogens with two attached hydrogens (primary N) is 1. The fourth-order valence-corrected chi connectivity index (χ4v) is 3.23. The lowest BCUT2D eigenvalue weighted by Crippen LogP contribution is -2.27. The van der Waals surface area contributed by atoms with Crippen molar-refractivity contribution in [3.8, 4) is 11.5 Å². The van der Waals surface area contributed by atoms with Gasteiger partial charge in [-0.25, -0.2) is 4.52 Å². The molecule has 1 aliphatic rings. The number of hydrogen-bond donors (Lipinski definition) is 2. The highest BCUT2D eigenvalue weighted by atomic mass is 32.2. The van der Waals surface area contributed by atoms with Gasteiger partial charge >= 0.3 is 0 Å². The van der Waals surface area contributed by atoms with Gasteiger partial charge < -0.3 is 15.5 Å². The van der Waals surface area contributed by atoms with Crippen LogP contribution in [0.3, 0.4) is 0 Å². The van der Waals surface area contributed by atoms with Gasteiger partial charge in [-0.2, -0.15) is 5.10 Å². The summed E-state index contributed by atoms with van der Waals surface area (Å²) in [6, 6.07) is 2.08. The summed E-state index contributed by atoms with van der Waals surface area (Å²) in [7, 11) is 0. The van der Waals surface area contributed by atoms with Gasteiger partial charge in [0, 0.05) is 12.2 Å². The number of fused-ring (bicyclic) bond motifs is 1. The number of hydrogen-bond acceptors (Lipinski definition) is 7. The lowest BCUT2D eigenvalue weighted by molar-refractivity contribution is 0.100. The molecule has 1 atom stereocenters. The Morgan fingerprint density at radius 1 is 1.46 bits per heavy atom. The van der Waals surface area contributed by atoms with Crippen LogP contribution in [0.2, 0.25) is 0 Å². The molecule has 1 unspecified atom stereocenters. The second-order valence-electron chi connectivity index (χ2n) is 6.95. The Kier molecular flexibility index (Phi) is 3.91. The first-order valence-corrected chi connectivity index (χ1v) is 9.59. The second kappa shape index (κ2) is 6.01. The van der Waals surface area contributed by atoms with Crippen molar-refractivity contribution in [2.75, 3.05) is 11.6 Å². The summed E-state index contributed by atoms with van der Waals surface area (Å²) in [5, 5.41) is 16.3. The van der Waals surface area contributed by atoms with E-state index >= 15 is 0 Å². The number of amides is 1. The van der Waals surface area contributed by atoms with Crippen molar-refractivity contribution >= 4 is 28.9 Å². The highest BCUT2D eigenvalue weighted by Crippen LogP contribution is 2.49. The minimum Gasteiger partial charge on any atom is -0.411 e. The van der Waals surface area contributed by atoms with E-state index in [1.165, 1.54) is 30.8 Å². The fourth-order valence-electron chi connectivity index (χ4n) is 2.94. The molecule has 1 amide bonds. The molecule has 0 saturated heterocycles. The van der Waals surface area contributed by atoms with Gasteiger partial charge in [0.15, 0.2) is 0 Å². The Hall–Kier alpha value is -2.55. The Morgan fingerprint density at radius 3 is 2.85 bits per heavy atom. The Labute approximate surface area is 154 Å². The van der Waals surface area contributed by atoms with Crippen LogP contribution in [0.1, 0.15) is 37.0 Å². The van der Waals surface area contributed by atoms with Crippen molar-refractivity contribution in [2.24, 2.45) is 11.1 Å². The number of rotatable bonds is 6. The van der Waals surface area contributed by atoms with Crippen LogP contribution in [0.15, 0.2) is 28.1 Å². The van der Waals surface area contributed by atoms with Crippen molar-refractivity contribution in [2.45, 2.75) is 38.0 Å². The number of aromatic nitrogens is 4. The van der Waals surface area contributed by atoms with Crippen LogP contribution >= 0.6 is 11.8 Å². The Balaban J connectivity index is 1.80. The maximum atomic E-state index is 11.9. The smallest absolute Gasteiger partial charge is 0.276 e. The Bertz CT molecular complexity index is 990. The molecule has 3 heterocycles. The normalized spacial score (nSPS) is 16.6. The molecule has 136 valence electrons. The molecule has 3 aromatic rings. The lowest BCUT2D eigenvalue weighted by Gasteiger charge is -2.23. The summed E-state index contributed by atoms with van der Waals surface area (Å²) in [6.07, 6.45) is 7.49. The van der Waals surface area contributed by atoms with Gasteiger partial charge in [0.25, 0.3) is 11.1 Å². The van der Waals surface area contributed by atoms with Crippen molar-refractivity contribution < 1.29 is 9.21 Å². The van der Waals surface area contributed by atoms with Crippen molar-refractivity contribution in [1.29, 1.82) is 0 Å². The summed E-state index contributed by atoms with van der Waals surface area (Å²) in [6.45, 7) is 4.36. The van der Waals surface area contributed by atoms with Gasteiger partial charge in [0.2, 0.25) is 5.89 Å². The molecule has 3 aromatic heterocycles. The summed E-state index contributed by atoms with van der Waals surface area (Å²) >= 11 is 1.38. The van der Waals surface area contributed by atoms with E-state index in [0.29, 0.717) is 22.4 Å². The van der Waals surface area contributed by atoms with Crippen LogP contribution in [0.5, 0.6) is 0 Å². The minimum atomic E-state index is -0.513. The monoisotopic (exact) mass is 372 g/mol. The highest BCUT2D eigenvalue weighted by Gasteiger charge is 2.43. The molecule has 3 N–H and O–H groups in total. The number of anilines is 1. The number of primary amides is 1.